The molecule has 0 heterocycles. The summed E-state index contributed by atoms with van der Waals surface area (Å²) in [6, 6.07) is 0. The van der Waals surface area contributed by atoms with Crippen LogP contribution in [0.15, 0.2) is 36.6 Å². The van der Waals surface area contributed by atoms with Gasteiger partial charge in [0.2, 0.25) is 0 Å². The summed E-state index contributed by atoms with van der Waals surface area (Å²) < 4.78 is 0. The molecule has 0 aromatic carbocycles. The van der Waals surface area contributed by atoms with E-state index >= 15 is 0 Å². The molecule has 1 N–H and O–H groups in total. The predicted octanol–water partition coefficient (Wildman–Crippen LogP) is 2.10. The van der Waals surface area contributed by atoms with Gasteiger partial charge in [-0.3, -0.25) is 0 Å². The molecule has 0 aliphatic heterocycles. The zero-order valence-electron chi connectivity index (χ0n) is 6.02. The Bertz CT molecular complexity index is 136. The zero-order valence-corrected chi connectivity index (χ0v) is 6.02. The Kier molecular flexibility index (Phi) is 4.60. The van der Waals surface area contributed by atoms with E-state index in [1.807, 2.05) is 32.2 Å². The van der Waals surface area contributed by atoms with Gasteiger partial charge in [0.25, 0.3) is 0 Å². The maximum Gasteiger partial charge on any atom is 0.0334 e. The van der Waals surface area contributed by atoms with Crippen molar-refractivity contribution in [3.8, 4) is 0 Å². The number of rotatable bonds is 3. The second kappa shape index (κ2) is 5.16. The summed E-state index contributed by atoms with van der Waals surface area (Å²) in [4.78, 5) is 0. The minimum atomic E-state index is 0. The molecule has 0 rings (SSSR count). The van der Waals surface area contributed by atoms with E-state index in [1.165, 1.54) is 0 Å². The van der Waals surface area contributed by atoms with Crippen LogP contribution in [0.3, 0.4) is 0 Å². The highest BCUT2D eigenvalue weighted by Crippen LogP contribution is 1.89. The third-order valence-electron chi connectivity index (χ3n) is 0.932. The number of nitrogens with one attached hydrogen (secondary N) is 1. The Labute approximate surface area is 58.3 Å². The number of likely N-dealkylation sites (N-methyl/N-ethyl adjacent to an activating group) is 1. The molecule has 1 heteroatoms. The summed E-state index contributed by atoms with van der Waals surface area (Å²) in [5.74, 6) is 0. The molecule has 0 unspecified atom stereocenters. The lowest BCUT2D eigenvalue weighted by Gasteiger charge is -1.95. The molecule has 52 valence electrons. The van der Waals surface area contributed by atoms with Crippen LogP contribution in [0.2, 0.25) is 0 Å². The second-order valence-electron chi connectivity index (χ2n) is 1.61. The van der Waals surface area contributed by atoms with Gasteiger partial charge < -0.3 is 5.32 Å². The van der Waals surface area contributed by atoms with E-state index in [-0.39, 0.29) is 1.43 Å². The maximum atomic E-state index is 3.58. The van der Waals surface area contributed by atoms with Crippen LogP contribution in [0.4, 0.5) is 0 Å². The van der Waals surface area contributed by atoms with Crippen molar-refractivity contribution in [1.82, 2.24) is 5.32 Å². The smallest absolute Gasteiger partial charge is 0.0334 e. The molecule has 0 bridgehead atoms. The second-order valence-corrected chi connectivity index (χ2v) is 1.61. The van der Waals surface area contributed by atoms with E-state index in [1.54, 1.807) is 6.08 Å². The molecule has 9 heavy (non-hydrogen) atoms. The van der Waals surface area contributed by atoms with E-state index < -0.39 is 0 Å². The molecule has 0 aliphatic rings. The van der Waals surface area contributed by atoms with Crippen molar-refractivity contribution >= 4 is 0 Å². The van der Waals surface area contributed by atoms with Crippen molar-refractivity contribution in [2.45, 2.75) is 6.92 Å². The fourth-order valence-electron chi connectivity index (χ4n) is 0.529. The van der Waals surface area contributed by atoms with Crippen molar-refractivity contribution < 1.29 is 1.43 Å². The van der Waals surface area contributed by atoms with Crippen molar-refractivity contribution in [2.24, 2.45) is 0 Å². The third kappa shape index (κ3) is 3.59. The quantitative estimate of drug-likeness (QED) is 0.569. The first-order valence-electron chi connectivity index (χ1n) is 2.98. The molecule has 0 aliphatic carbocycles. The van der Waals surface area contributed by atoms with E-state index in [0.717, 1.165) is 5.70 Å². The van der Waals surface area contributed by atoms with Crippen LogP contribution in [0, 0.1) is 0 Å². The number of allylic oxidation sites excluding steroid dienone is 4. The zero-order chi connectivity index (χ0) is 7.11. The highest BCUT2D eigenvalue weighted by atomic mass is 14.8. The van der Waals surface area contributed by atoms with Gasteiger partial charge in [0, 0.05) is 14.2 Å². The van der Waals surface area contributed by atoms with Gasteiger partial charge in [0.15, 0.2) is 0 Å². The van der Waals surface area contributed by atoms with E-state index in [2.05, 4.69) is 11.9 Å². The summed E-state index contributed by atoms with van der Waals surface area (Å²) in [6.07, 6.45) is 7.64. The lowest BCUT2D eigenvalue weighted by Crippen LogP contribution is -2.01. The van der Waals surface area contributed by atoms with Gasteiger partial charge in [0.05, 0.1) is 0 Å². The molecular formula is C8H15N. The van der Waals surface area contributed by atoms with E-state index in [0.29, 0.717) is 0 Å². The van der Waals surface area contributed by atoms with Gasteiger partial charge in [0.1, 0.15) is 0 Å². The van der Waals surface area contributed by atoms with Crippen molar-refractivity contribution in [1.29, 1.82) is 0 Å². The third-order valence-corrected chi connectivity index (χ3v) is 0.932. The highest BCUT2D eigenvalue weighted by Gasteiger charge is 1.78. The van der Waals surface area contributed by atoms with Crippen molar-refractivity contribution in [3.63, 3.8) is 0 Å². The Morgan fingerprint density at radius 2 is 2.33 bits per heavy atom. The highest BCUT2D eigenvalue weighted by molar-refractivity contribution is 5.20. The first-order chi connectivity index (χ1) is 4.35. The van der Waals surface area contributed by atoms with Gasteiger partial charge >= 0.3 is 0 Å². The summed E-state index contributed by atoms with van der Waals surface area (Å²) in [5, 5.41) is 3.01. The fraction of sp³-hybridized carbons (Fsp3) is 0.250. The number of hydrogen-bond donors (Lipinski definition) is 1. The molecule has 0 saturated carbocycles. The van der Waals surface area contributed by atoms with Crippen LogP contribution in [0.25, 0.3) is 0 Å². The van der Waals surface area contributed by atoms with Crippen LogP contribution in [0.5, 0.6) is 0 Å². The van der Waals surface area contributed by atoms with Gasteiger partial charge in [-0.15, -0.1) is 0 Å². The normalized spacial score (nSPS) is 12.0. The Morgan fingerprint density at radius 1 is 1.67 bits per heavy atom. The minimum Gasteiger partial charge on any atom is -0.388 e. The van der Waals surface area contributed by atoms with Crippen LogP contribution < -0.4 is 5.32 Å². The van der Waals surface area contributed by atoms with E-state index in [4.69, 9.17) is 0 Å². The van der Waals surface area contributed by atoms with Gasteiger partial charge in [-0.05, 0) is 19.1 Å². The summed E-state index contributed by atoms with van der Waals surface area (Å²) in [6.45, 7) is 5.56. The minimum absolute atomic E-state index is 0. The van der Waals surface area contributed by atoms with Gasteiger partial charge in [-0.25, -0.2) is 0 Å². The maximum absolute atomic E-state index is 3.58. The number of hydrogen-bond acceptors (Lipinski definition) is 1. The van der Waals surface area contributed by atoms with Crippen LogP contribution in [-0.2, 0) is 0 Å². The first kappa shape index (κ1) is 8.02. The Balaban J connectivity index is 0. The van der Waals surface area contributed by atoms with Crippen molar-refractivity contribution in [3.05, 3.63) is 36.6 Å². The lowest BCUT2D eigenvalue weighted by atomic mass is 10.3. The summed E-state index contributed by atoms with van der Waals surface area (Å²) in [7, 11) is 1.88. The standard InChI is InChI=1S/C8H13N.H2/c1-4-6-8(9-3)7-5-2;/h4-7,9H,1H2,2-3H3;1H/b7-5-,8-6+;. The van der Waals surface area contributed by atoms with Crippen molar-refractivity contribution in [2.75, 3.05) is 7.05 Å². The van der Waals surface area contributed by atoms with Crippen LogP contribution in [-0.4, -0.2) is 7.05 Å². The average molecular weight is 125 g/mol. The topological polar surface area (TPSA) is 12.0 Å². The average Bonchev–Trinajstić information content (AvgIpc) is 1.88. The molecule has 0 radical (unpaired) electrons. The monoisotopic (exact) mass is 125 g/mol. The summed E-state index contributed by atoms with van der Waals surface area (Å²) >= 11 is 0. The molecule has 1 nitrogen and oxygen atoms in total. The van der Waals surface area contributed by atoms with Gasteiger partial charge in [-0.2, -0.15) is 0 Å². The van der Waals surface area contributed by atoms with E-state index in [9.17, 15) is 0 Å². The predicted molar refractivity (Wildman–Crippen MR) is 44.3 cm³/mol. The SMILES string of the molecule is C=C/C=C(\C=C/C)NC.[HH]. The molecule has 0 fully saturated rings. The molecule has 0 saturated heterocycles. The molecular weight excluding hydrogens is 110 g/mol. The Hall–Kier alpha value is -0.980. The van der Waals surface area contributed by atoms with Gasteiger partial charge in [-0.1, -0.05) is 18.7 Å². The lowest BCUT2D eigenvalue weighted by molar-refractivity contribution is 1.03. The summed E-state index contributed by atoms with van der Waals surface area (Å²) in [5.41, 5.74) is 1.08. The molecule has 0 aromatic rings. The first-order valence-corrected chi connectivity index (χ1v) is 2.98. The molecule has 0 aromatic heterocycles. The largest absolute Gasteiger partial charge is 0.388 e. The molecule has 0 atom stereocenters. The van der Waals surface area contributed by atoms with Crippen LogP contribution in [0.1, 0.15) is 8.35 Å². The molecule has 0 spiro atoms. The fourth-order valence-corrected chi connectivity index (χ4v) is 0.529. The Morgan fingerprint density at radius 3 is 2.67 bits per heavy atom. The molecule has 0 amide bonds. The van der Waals surface area contributed by atoms with Crippen LogP contribution >= 0.6 is 0 Å².